The van der Waals surface area contributed by atoms with E-state index in [1.165, 1.54) is 12.1 Å². The van der Waals surface area contributed by atoms with Crippen LogP contribution in [-0.4, -0.2) is 17.7 Å². The van der Waals surface area contributed by atoms with E-state index in [-0.39, 0.29) is 11.8 Å². The van der Waals surface area contributed by atoms with E-state index in [0.717, 1.165) is 36.7 Å². The van der Waals surface area contributed by atoms with Crippen LogP contribution in [0, 0.1) is 11.6 Å². The van der Waals surface area contributed by atoms with Crippen LogP contribution in [0.5, 0.6) is 0 Å². The first-order valence-corrected chi connectivity index (χ1v) is 8.19. The molecule has 1 aliphatic heterocycles. The van der Waals surface area contributed by atoms with Gasteiger partial charge in [0.05, 0.1) is 5.76 Å². The molecular formula is C20H21F2NO. The molecule has 0 spiro atoms. The minimum absolute atomic E-state index is 0.218. The summed E-state index contributed by atoms with van der Waals surface area (Å²) in [6.45, 7) is 4.55. The summed E-state index contributed by atoms with van der Waals surface area (Å²) in [5.41, 5.74) is 2.56. The normalized spacial score (nSPS) is 17.2. The molecule has 0 amide bonds. The highest BCUT2D eigenvalue weighted by molar-refractivity contribution is 5.50. The summed E-state index contributed by atoms with van der Waals surface area (Å²) in [4.78, 5) is 2.28. The molecular weight excluding hydrogens is 308 g/mol. The molecule has 1 saturated heterocycles. The molecule has 126 valence electrons. The second-order valence-electron chi connectivity index (χ2n) is 6.34. The van der Waals surface area contributed by atoms with E-state index in [4.69, 9.17) is 0 Å². The van der Waals surface area contributed by atoms with E-state index < -0.39 is 11.6 Å². The maximum atomic E-state index is 13.8. The van der Waals surface area contributed by atoms with E-state index in [2.05, 4.69) is 11.5 Å². The van der Waals surface area contributed by atoms with Gasteiger partial charge >= 0.3 is 0 Å². The van der Waals surface area contributed by atoms with Gasteiger partial charge in [-0.15, -0.1) is 0 Å². The van der Waals surface area contributed by atoms with Crippen molar-refractivity contribution in [1.29, 1.82) is 0 Å². The Bertz CT molecular complexity index is 727. The molecule has 0 aromatic heterocycles. The first kappa shape index (κ1) is 16.5. The fraction of sp³-hybridized carbons (Fsp3) is 0.300. The third kappa shape index (κ3) is 3.75. The number of anilines is 1. The predicted octanol–water partition coefficient (Wildman–Crippen LogP) is 4.99. The molecule has 1 atom stereocenters. The Morgan fingerprint density at radius 2 is 1.92 bits per heavy atom. The Hall–Kier alpha value is -2.36. The van der Waals surface area contributed by atoms with Crippen molar-refractivity contribution in [3.8, 4) is 0 Å². The number of halogens is 2. The minimum atomic E-state index is -0.558. The Kier molecular flexibility index (Phi) is 4.84. The van der Waals surface area contributed by atoms with Crippen molar-refractivity contribution in [2.75, 3.05) is 11.4 Å². The van der Waals surface area contributed by atoms with Crippen LogP contribution in [0.3, 0.4) is 0 Å². The summed E-state index contributed by atoms with van der Waals surface area (Å²) in [5, 5.41) is 9.45. The van der Waals surface area contributed by atoms with Crippen LogP contribution in [0.15, 0.2) is 54.8 Å². The number of rotatable bonds is 5. The molecule has 0 radical (unpaired) electrons. The molecule has 0 saturated carbocycles. The van der Waals surface area contributed by atoms with Crippen LogP contribution in [-0.2, 0) is 6.42 Å². The van der Waals surface area contributed by atoms with E-state index in [1.54, 1.807) is 0 Å². The molecule has 1 N–H and O–H groups in total. The van der Waals surface area contributed by atoms with Gasteiger partial charge < -0.3 is 10.0 Å². The molecule has 0 bridgehead atoms. The fourth-order valence-corrected chi connectivity index (χ4v) is 3.35. The lowest BCUT2D eigenvalue weighted by atomic mass is 10.0. The number of aliphatic hydroxyl groups is 1. The van der Waals surface area contributed by atoms with Gasteiger partial charge in [0.1, 0.15) is 11.6 Å². The Morgan fingerprint density at radius 3 is 2.58 bits per heavy atom. The van der Waals surface area contributed by atoms with E-state index in [0.29, 0.717) is 18.4 Å². The topological polar surface area (TPSA) is 23.5 Å². The smallest absolute Gasteiger partial charge is 0.129 e. The van der Waals surface area contributed by atoms with Gasteiger partial charge in [-0.3, -0.25) is 0 Å². The van der Waals surface area contributed by atoms with Gasteiger partial charge in [0, 0.05) is 37.2 Å². The van der Waals surface area contributed by atoms with E-state index in [9.17, 15) is 13.9 Å². The zero-order valence-electron chi connectivity index (χ0n) is 13.5. The summed E-state index contributed by atoms with van der Waals surface area (Å²) in [5.74, 6) is -0.854. The number of hydrogen-bond donors (Lipinski definition) is 1. The van der Waals surface area contributed by atoms with Crippen LogP contribution in [0.4, 0.5) is 14.5 Å². The van der Waals surface area contributed by atoms with Gasteiger partial charge in [-0.2, -0.15) is 0 Å². The Labute approximate surface area is 141 Å². The standard InChI is InChI=1S/C20H21F2NO/c1-14(24)11-19-3-2-10-23(19)18-8-4-15(5-9-18)12-16-6-7-17(21)13-20(16)22/h4-9,13,19,24H,1-3,10-12H2. The maximum Gasteiger partial charge on any atom is 0.129 e. The molecule has 24 heavy (non-hydrogen) atoms. The molecule has 1 aliphatic rings. The third-order valence-electron chi connectivity index (χ3n) is 4.53. The first-order valence-electron chi connectivity index (χ1n) is 8.19. The van der Waals surface area contributed by atoms with Crippen molar-refractivity contribution in [3.63, 3.8) is 0 Å². The summed E-state index contributed by atoms with van der Waals surface area (Å²) < 4.78 is 26.7. The lowest BCUT2D eigenvalue weighted by molar-refractivity contribution is 0.376. The average Bonchev–Trinajstić information content (AvgIpc) is 2.98. The number of aliphatic hydroxyl groups excluding tert-OH is 1. The SMILES string of the molecule is C=C(O)CC1CCCN1c1ccc(Cc2ccc(F)cc2F)cc1. The number of benzene rings is 2. The van der Waals surface area contributed by atoms with Crippen molar-refractivity contribution >= 4 is 5.69 Å². The molecule has 1 unspecified atom stereocenters. The second kappa shape index (κ2) is 7.04. The van der Waals surface area contributed by atoms with Gasteiger partial charge in [0.25, 0.3) is 0 Å². The van der Waals surface area contributed by atoms with Crippen molar-refractivity contribution in [1.82, 2.24) is 0 Å². The fourth-order valence-electron chi connectivity index (χ4n) is 3.35. The second-order valence-corrected chi connectivity index (χ2v) is 6.34. The largest absolute Gasteiger partial charge is 0.513 e. The molecule has 4 heteroatoms. The van der Waals surface area contributed by atoms with Crippen molar-refractivity contribution in [2.45, 2.75) is 31.7 Å². The predicted molar refractivity (Wildman–Crippen MR) is 92.4 cm³/mol. The summed E-state index contributed by atoms with van der Waals surface area (Å²) >= 11 is 0. The van der Waals surface area contributed by atoms with Gasteiger partial charge in [-0.1, -0.05) is 24.8 Å². The van der Waals surface area contributed by atoms with Gasteiger partial charge in [-0.25, -0.2) is 8.78 Å². The molecule has 0 aliphatic carbocycles. The summed E-state index contributed by atoms with van der Waals surface area (Å²) in [7, 11) is 0. The monoisotopic (exact) mass is 329 g/mol. The zero-order chi connectivity index (χ0) is 17.1. The van der Waals surface area contributed by atoms with E-state index >= 15 is 0 Å². The number of nitrogens with zero attached hydrogens (tertiary/aromatic N) is 1. The first-order chi connectivity index (χ1) is 11.5. The maximum absolute atomic E-state index is 13.8. The van der Waals surface area contributed by atoms with Crippen LogP contribution >= 0.6 is 0 Å². The molecule has 1 heterocycles. The highest BCUT2D eigenvalue weighted by Crippen LogP contribution is 2.29. The lowest BCUT2D eigenvalue weighted by Gasteiger charge is -2.26. The van der Waals surface area contributed by atoms with Crippen molar-refractivity contribution in [3.05, 3.63) is 77.6 Å². The minimum Gasteiger partial charge on any atom is -0.513 e. The van der Waals surface area contributed by atoms with Crippen LogP contribution in [0.1, 0.15) is 30.4 Å². The molecule has 3 rings (SSSR count). The Morgan fingerprint density at radius 1 is 1.17 bits per heavy atom. The molecule has 2 aromatic carbocycles. The van der Waals surface area contributed by atoms with E-state index in [1.807, 2.05) is 24.3 Å². The van der Waals surface area contributed by atoms with Gasteiger partial charge in [-0.05, 0) is 42.2 Å². The van der Waals surface area contributed by atoms with Crippen molar-refractivity contribution in [2.24, 2.45) is 0 Å². The average molecular weight is 329 g/mol. The lowest BCUT2D eigenvalue weighted by Crippen LogP contribution is -2.29. The van der Waals surface area contributed by atoms with Gasteiger partial charge in [0.15, 0.2) is 0 Å². The highest BCUT2D eigenvalue weighted by Gasteiger charge is 2.25. The molecule has 2 aromatic rings. The molecule has 2 nitrogen and oxygen atoms in total. The van der Waals surface area contributed by atoms with Gasteiger partial charge in [0.2, 0.25) is 0 Å². The van der Waals surface area contributed by atoms with Crippen LogP contribution in [0.25, 0.3) is 0 Å². The molecule has 1 fully saturated rings. The van der Waals surface area contributed by atoms with Crippen LogP contribution in [0.2, 0.25) is 0 Å². The third-order valence-corrected chi connectivity index (χ3v) is 4.53. The summed E-state index contributed by atoms with van der Waals surface area (Å²) in [6.07, 6.45) is 3.16. The highest BCUT2D eigenvalue weighted by atomic mass is 19.1. The van der Waals surface area contributed by atoms with Crippen LogP contribution < -0.4 is 4.90 Å². The summed E-state index contributed by atoms with van der Waals surface area (Å²) in [6, 6.07) is 12.0. The quantitative estimate of drug-likeness (QED) is 0.782. The Balaban J connectivity index is 1.72. The number of hydrogen-bond acceptors (Lipinski definition) is 2. The van der Waals surface area contributed by atoms with Crippen molar-refractivity contribution < 1.29 is 13.9 Å². The zero-order valence-corrected chi connectivity index (χ0v) is 13.5.